The van der Waals surface area contributed by atoms with E-state index in [0.717, 1.165) is 17.7 Å². The van der Waals surface area contributed by atoms with Gasteiger partial charge in [-0.25, -0.2) is 4.79 Å². The Labute approximate surface area is 110 Å². The standard InChI is InChI=1S/C12H17N5O2/c1-14-4-6-17(7-5-14)10-9(8-13)11(18)16(3)12(19)15(10)2/h4-7H2,1-3H3. The molecule has 0 atom stereocenters. The molecule has 7 nitrogen and oxygen atoms in total. The Balaban J connectivity index is 2.60. The first-order valence-corrected chi connectivity index (χ1v) is 6.11. The van der Waals surface area contributed by atoms with Crippen molar-refractivity contribution in [2.24, 2.45) is 14.1 Å². The molecular weight excluding hydrogens is 246 g/mol. The fraction of sp³-hybridized carbons (Fsp3) is 0.583. The lowest BCUT2D eigenvalue weighted by molar-refractivity contribution is 0.310. The molecule has 7 heteroatoms. The third-order valence-corrected chi connectivity index (χ3v) is 3.55. The van der Waals surface area contributed by atoms with Crippen molar-refractivity contribution < 1.29 is 0 Å². The zero-order valence-corrected chi connectivity index (χ0v) is 11.4. The van der Waals surface area contributed by atoms with E-state index in [2.05, 4.69) is 4.90 Å². The van der Waals surface area contributed by atoms with Crippen molar-refractivity contribution in [2.75, 3.05) is 38.1 Å². The highest BCUT2D eigenvalue weighted by atomic mass is 16.2. The predicted octanol–water partition coefficient (Wildman–Crippen LogP) is -1.29. The molecule has 1 saturated heterocycles. The number of likely N-dealkylation sites (N-methyl/N-ethyl adjacent to an activating group) is 1. The summed E-state index contributed by atoms with van der Waals surface area (Å²) in [5.74, 6) is 0.434. The molecule has 1 aliphatic rings. The van der Waals surface area contributed by atoms with Gasteiger partial charge in [0.15, 0.2) is 5.56 Å². The van der Waals surface area contributed by atoms with Gasteiger partial charge in [-0.3, -0.25) is 13.9 Å². The molecule has 1 aromatic rings. The van der Waals surface area contributed by atoms with Crippen LogP contribution in [0.25, 0.3) is 0 Å². The lowest BCUT2D eigenvalue weighted by atomic mass is 10.2. The minimum Gasteiger partial charge on any atom is -0.354 e. The molecule has 2 heterocycles. The van der Waals surface area contributed by atoms with Gasteiger partial charge in [0.05, 0.1) is 0 Å². The number of hydrogen-bond acceptors (Lipinski definition) is 5. The van der Waals surface area contributed by atoms with Crippen LogP contribution in [0.4, 0.5) is 5.82 Å². The maximum absolute atomic E-state index is 12.0. The minimum absolute atomic E-state index is 0.0363. The van der Waals surface area contributed by atoms with E-state index in [1.165, 1.54) is 11.6 Å². The van der Waals surface area contributed by atoms with Crippen LogP contribution < -0.4 is 16.1 Å². The van der Waals surface area contributed by atoms with Crippen LogP contribution in [0.3, 0.4) is 0 Å². The Bertz CT molecular complexity index is 644. The van der Waals surface area contributed by atoms with Gasteiger partial charge in [-0.1, -0.05) is 0 Å². The first-order valence-electron chi connectivity index (χ1n) is 6.11. The van der Waals surface area contributed by atoms with Crippen LogP contribution >= 0.6 is 0 Å². The van der Waals surface area contributed by atoms with E-state index in [-0.39, 0.29) is 5.56 Å². The summed E-state index contributed by atoms with van der Waals surface area (Å²) in [5, 5.41) is 9.21. The van der Waals surface area contributed by atoms with E-state index in [4.69, 9.17) is 0 Å². The molecule has 0 bridgehead atoms. The number of aromatic nitrogens is 2. The van der Waals surface area contributed by atoms with Gasteiger partial charge in [0.25, 0.3) is 5.56 Å². The van der Waals surface area contributed by atoms with Crippen LogP contribution in [0, 0.1) is 11.3 Å². The van der Waals surface area contributed by atoms with E-state index in [1.54, 1.807) is 7.05 Å². The minimum atomic E-state index is -0.528. The smallest absolute Gasteiger partial charge is 0.332 e. The number of hydrogen-bond donors (Lipinski definition) is 0. The monoisotopic (exact) mass is 263 g/mol. The van der Waals surface area contributed by atoms with Crippen LogP contribution in [0.2, 0.25) is 0 Å². The molecule has 1 aromatic heterocycles. The number of anilines is 1. The topological polar surface area (TPSA) is 74.3 Å². The number of rotatable bonds is 1. The van der Waals surface area contributed by atoms with E-state index in [9.17, 15) is 14.9 Å². The van der Waals surface area contributed by atoms with Crippen molar-refractivity contribution in [3.8, 4) is 6.07 Å². The molecule has 0 saturated carbocycles. The quantitative estimate of drug-likeness (QED) is 0.630. The summed E-state index contributed by atoms with van der Waals surface area (Å²) in [6.45, 7) is 3.08. The molecule has 2 rings (SSSR count). The van der Waals surface area contributed by atoms with Gasteiger partial charge in [0.2, 0.25) is 0 Å². The Morgan fingerprint density at radius 3 is 2.11 bits per heavy atom. The summed E-state index contributed by atoms with van der Waals surface area (Å²) in [6, 6.07) is 1.93. The van der Waals surface area contributed by atoms with Gasteiger partial charge in [-0.2, -0.15) is 5.26 Å². The summed E-state index contributed by atoms with van der Waals surface area (Å²) in [4.78, 5) is 28.1. The highest BCUT2D eigenvalue weighted by molar-refractivity contribution is 5.53. The van der Waals surface area contributed by atoms with Crippen molar-refractivity contribution >= 4 is 5.82 Å². The van der Waals surface area contributed by atoms with Crippen LogP contribution in [0.15, 0.2) is 9.59 Å². The van der Waals surface area contributed by atoms with Crippen molar-refractivity contribution in [2.45, 2.75) is 0 Å². The summed E-state index contributed by atoms with van der Waals surface area (Å²) in [5.41, 5.74) is -0.897. The molecule has 19 heavy (non-hydrogen) atoms. The van der Waals surface area contributed by atoms with Crippen LogP contribution in [0.5, 0.6) is 0 Å². The van der Waals surface area contributed by atoms with Crippen LogP contribution in [-0.2, 0) is 14.1 Å². The summed E-state index contributed by atoms with van der Waals surface area (Å²) in [6.07, 6.45) is 0. The maximum atomic E-state index is 12.0. The summed E-state index contributed by atoms with van der Waals surface area (Å²) in [7, 11) is 5.00. The molecule has 0 aliphatic carbocycles. The Morgan fingerprint density at radius 2 is 1.58 bits per heavy atom. The molecule has 102 valence electrons. The van der Waals surface area contributed by atoms with E-state index in [1.807, 2.05) is 18.0 Å². The second-order valence-electron chi connectivity index (χ2n) is 4.81. The van der Waals surface area contributed by atoms with Gasteiger partial charge in [-0.15, -0.1) is 0 Å². The van der Waals surface area contributed by atoms with Crippen molar-refractivity contribution in [3.63, 3.8) is 0 Å². The average molecular weight is 263 g/mol. The maximum Gasteiger partial charge on any atom is 0.332 e. The van der Waals surface area contributed by atoms with Crippen molar-refractivity contribution in [3.05, 3.63) is 26.4 Å². The molecule has 0 amide bonds. The first-order chi connectivity index (χ1) is 8.97. The van der Waals surface area contributed by atoms with Crippen LogP contribution in [-0.4, -0.2) is 47.3 Å². The molecular formula is C12H17N5O2. The van der Waals surface area contributed by atoms with Crippen LogP contribution in [0.1, 0.15) is 5.56 Å². The van der Waals surface area contributed by atoms with Gasteiger partial charge in [0, 0.05) is 40.3 Å². The lowest BCUT2D eigenvalue weighted by Gasteiger charge is -2.35. The Hall–Kier alpha value is -2.07. The van der Waals surface area contributed by atoms with E-state index < -0.39 is 11.2 Å². The summed E-state index contributed by atoms with van der Waals surface area (Å²) < 4.78 is 2.35. The molecule has 0 radical (unpaired) electrons. The zero-order valence-electron chi connectivity index (χ0n) is 11.4. The number of nitrogens with zero attached hydrogens (tertiary/aromatic N) is 5. The van der Waals surface area contributed by atoms with Gasteiger partial charge in [-0.05, 0) is 7.05 Å². The predicted molar refractivity (Wildman–Crippen MR) is 71.3 cm³/mol. The molecule has 0 aromatic carbocycles. The average Bonchev–Trinajstić information content (AvgIpc) is 2.41. The fourth-order valence-corrected chi connectivity index (χ4v) is 2.32. The normalized spacial score (nSPS) is 16.4. The zero-order chi connectivity index (χ0) is 14.2. The van der Waals surface area contributed by atoms with E-state index in [0.29, 0.717) is 18.9 Å². The van der Waals surface area contributed by atoms with Crippen molar-refractivity contribution in [1.29, 1.82) is 5.26 Å². The molecule has 1 fully saturated rings. The SMILES string of the molecule is CN1CCN(c2c(C#N)c(=O)n(C)c(=O)n2C)CC1. The largest absolute Gasteiger partial charge is 0.354 e. The highest BCUT2D eigenvalue weighted by Gasteiger charge is 2.23. The molecule has 0 unspecified atom stereocenters. The van der Waals surface area contributed by atoms with Gasteiger partial charge in [0.1, 0.15) is 11.9 Å². The van der Waals surface area contributed by atoms with E-state index >= 15 is 0 Å². The fourth-order valence-electron chi connectivity index (χ4n) is 2.32. The number of piperazine rings is 1. The van der Waals surface area contributed by atoms with Gasteiger partial charge >= 0.3 is 5.69 Å². The molecule has 0 spiro atoms. The molecule has 1 aliphatic heterocycles. The number of nitriles is 1. The third kappa shape index (κ3) is 2.15. The Kier molecular flexibility index (Phi) is 3.44. The second kappa shape index (κ2) is 4.90. The highest BCUT2D eigenvalue weighted by Crippen LogP contribution is 2.16. The third-order valence-electron chi connectivity index (χ3n) is 3.55. The van der Waals surface area contributed by atoms with Gasteiger partial charge < -0.3 is 9.80 Å². The first kappa shape index (κ1) is 13.4. The molecule has 0 N–H and O–H groups in total. The second-order valence-corrected chi connectivity index (χ2v) is 4.81. The Morgan fingerprint density at radius 1 is 1.00 bits per heavy atom. The summed E-state index contributed by atoms with van der Waals surface area (Å²) >= 11 is 0. The lowest BCUT2D eigenvalue weighted by Crippen LogP contribution is -2.49. The van der Waals surface area contributed by atoms with Crippen molar-refractivity contribution in [1.82, 2.24) is 14.0 Å².